The molecule has 1 aromatic heterocycles. The lowest BCUT2D eigenvalue weighted by molar-refractivity contribution is 0.198. The lowest BCUT2D eigenvalue weighted by atomic mass is 9.99. The maximum atomic E-state index is 5.58. The molecule has 0 radical (unpaired) electrons. The summed E-state index contributed by atoms with van der Waals surface area (Å²) < 4.78 is 0. The fourth-order valence-electron chi connectivity index (χ4n) is 6.26. The van der Waals surface area contributed by atoms with E-state index in [2.05, 4.69) is 61.8 Å². The molecule has 3 fully saturated rings. The Morgan fingerprint density at radius 1 is 1.00 bits per heavy atom. The van der Waals surface area contributed by atoms with E-state index in [0.717, 1.165) is 68.6 Å². The molecule has 38 heavy (non-hydrogen) atoms. The number of piperidine rings is 1. The van der Waals surface area contributed by atoms with Crippen molar-refractivity contribution in [3.8, 4) is 0 Å². The Balaban J connectivity index is 1.10. The molecule has 1 aromatic carbocycles. The molecule has 0 saturated carbocycles. The van der Waals surface area contributed by atoms with Crippen LogP contribution in [-0.4, -0.2) is 91.9 Å². The van der Waals surface area contributed by atoms with E-state index in [1.165, 1.54) is 82.2 Å². The monoisotopic (exact) mass is 537 g/mol. The van der Waals surface area contributed by atoms with Gasteiger partial charge in [0.05, 0.1) is 5.52 Å². The van der Waals surface area contributed by atoms with E-state index in [9.17, 15) is 0 Å². The highest BCUT2D eigenvalue weighted by Gasteiger charge is 2.22. The summed E-state index contributed by atoms with van der Waals surface area (Å²) in [5.41, 5.74) is 3.34. The fraction of sp³-hybridized carbons (Fsp3) is 0.667. The summed E-state index contributed by atoms with van der Waals surface area (Å²) in [5.74, 6) is 1.92. The van der Waals surface area contributed by atoms with E-state index in [1.807, 2.05) is 0 Å². The lowest BCUT2D eigenvalue weighted by Gasteiger charge is -2.38. The second kappa shape index (κ2) is 13.9. The van der Waals surface area contributed by atoms with Crippen molar-refractivity contribution in [2.45, 2.75) is 51.9 Å². The third-order valence-electron chi connectivity index (χ3n) is 8.51. The molecule has 3 N–H and O–H groups in total. The minimum atomic E-state index is 0.698. The van der Waals surface area contributed by atoms with Crippen LogP contribution >= 0.6 is 12.2 Å². The number of hydrogen-bond acceptors (Lipinski definition) is 6. The van der Waals surface area contributed by atoms with Crippen LogP contribution in [0.5, 0.6) is 0 Å². The average Bonchev–Trinajstić information content (AvgIpc) is 3.21. The van der Waals surface area contributed by atoms with E-state index < -0.39 is 0 Å². The zero-order valence-corrected chi connectivity index (χ0v) is 24.1. The number of benzene rings is 1. The Kier molecular flexibility index (Phi) is 10.1. The number of likely N-dealkylation sites (tertiary alicyclic amines) is 1. The van der Waals surface area contributed by atoms with E-state index in [-0.39, 0.29) is 0 Å². The van der Waals surface area contributed by atoms with Crippen LogP contribution in [0.2, 0.25) is 0 Å². The Bertz CT molecular complexity index is 1040. The zero-order chi connectivity index (χ0) is 26.2. The molecular formula is C30H47N7S. The van der Waals surface area contributed by atoms with Crippen LogP contribution in [0.4, 0.5) is 11.5 Å². The van der Waals surface area contributed by atoms with Gasteiger partial charge in [-0.3, -0.25) is 4.90 Å². The van der Waals surface area contributed by atoms with Crippen LogP contribution in [0.15, 0.2) is 24.3 Å². The fourth-order valence-corrected chi connectivity index (χ4v) is 6.48. The van der Waals surface area contributed by atoms with Crippen LogP contribution in [0.1, 0.15) is 50.5 Å². The van der Waals surface area contributed by atoms with Crippen LogP contribution in [0, 0.1) is 12.8 Å². The van der Waals surface area contributed by atoms with Crippen molar-refractivity contribution >= 4 is 39.7 Å². The Hall–Kier alpha value is -2.00. The number of piperazine rings is 1. The maximum Gasteiger partial charge on any atom is 0.170 e. The molecule has 0 spiro atoms. The molecule has 0 amide bonds. The number of pyridine rings is 1. The second-order valence-electron chi connectivity index (χ2n) is 11.5. The average molecular weight is 538 g/mol. The summed E-state index contributed by atoms with van der Waals surface area (Å²) in [6.07, 6.45) is 9.29. The molecule has 1 atom stereocenters. The molecular weight excluding hydrogens is 490 g/mol. The number of anilines is 2. The Labute approximate surface area is 234 Å². The molecule has 8 heteroatoms. The van der Waals surface area contributed by atoms with Gasteiger partial charge in [-0.1, -0.05) is 12.8 Å². The number of nitrogens with one attached hydrogen (secondary N) is 3. The second-order valence-corrected chi connectivity index (χ2v) is 11.9. The van der Waals surface area contributed by atoms with Crippen LogP contribution in [0.3, 0.4) is 0 Å². The van der Waals surface area contributed by atoms with Gasteiger partial charge in [0.2, 0.25) is 0 Å². The van der Waals surface area contributed by atoms with Crippen LogP contribution in [0.25, 0.3) is 10.9 Å². The number of hydrogen-bond donors (Lipinski definition) is 3. The summed E-state index contributed by atoms with van der Waals surface area (Å²) in [6, 6.07) is 8.66. The minimum absolute atomic E-state index is 0.698. The first kappa shape index (κ1) is 27.6. The molecule has 3 aliphatic heterocycles. The normalized spacial score (nSPS) is 21.8. The summed E-state index contributed by atoms with van der Waals surface area (Å²) in [5, 5.41) is 12.2. The third kappa shape index (κ3) is 7.78. The molecule has 3 aliphatic rings. The van der Waals surface area contributed by atoms with Crippen molar-refractivity contribution < 1.29 is 0 Å². The SMILES string of the molecule is Cc1cc(N2CCN(CC3CCCNC3)CC2)nc2ccc(NC(=S)NCCCN3CCCCCC3)cc12. The van der Waals surface area contributed by atoms with Gasteiger partial charge in [0.1, 0.15) is 5.82 Å². The minimum Gasteiger partial charge on any atom is -0.362 e. The summed E-state index contributed by atoms with van der Waals surface area (Å²) in [7, 11) is 0. The number of aryl methyl sites for hydroxylation is 1. The van der Waals surface area contributed by atoms with Gasteiger partial charge in [0.15, 0.2) is 5.11 Å². The van der Waals surface area contributed by atoms with E-state index in [1.54, 1.807) is 0 Å². The number of fused-ring (bicyclic) bond motifs is 1. The summed E-state index contributed by atoms with van der Waals surface area (Å²) >= 11 is 5.58. The Morgan fingerprint density at radius 3 is 2.58 bits per heavy atom. The molecule has 5 rings (SSSR count). The topological polar surface area (TPSA) is 58.7 Å². The molecule has 0 aliphatic carbocycles. The lowest BCUT2D eigenvalue weighted by Crippen LogP contribution is -2.49. The largest absolute Gasteiger partial charge is 0.362 e. The van der Waals surface area contributed by atoms with Crippen molar-refractivity contribution in [1.82, 2.24) is 25.4 Å². The first-order chi connectivity index (χ1) is 18.6. The van der Waals surface area contributed by atoms with E-state index in [0.29, 0.717) is 5.11 Å². The van der Waals surface area contributed by atoms with Crippen LogP contribution in [-0.2, 0) is 0 Å². The third-order valence-corrected chi connectivity index (χ3v) is 8.75. The number of aromatic nitrogens is 1. The van der Waals surface area contributed by atoms with Gasteiger partial charge in [0, 0.05) is 50.3 Å². The summed E-state index contributed by atoms with van der Waals surface area (Å²) in [4.78, 5) is 12.8. The first-order valence-corrected chi connectivity index (χ1v) is 15.4. The standard InChI is InChI=1S/C30H47N7S/c1-24-20-29(37-18-16-36(17-19-37)23-25-8-6-11-31-22-25)34-28-10-9-26(21-27(24)28)33-30(38)32-12-7-15-35-13-4-2-3-5-14-35/h9-10,20-21,25,31H,2-8,11-19,22-23H2,1H3,(H2,32,33,38). The van der Waals surface area contributed by atoms with Crippen molar-refractivity contribution in [3.63, 3.8) is 0 Å². The predicted molar refractivity (Wildman–Crippen MR) is 164 cm³/mol. The van der Waals surface area contributed by atoms with Crippen molar-refractivity contribution in [3.05, 3.63) is 29.8 Å². The van der Waals surface area contributed by atoms with Crippen molar-refractivity contribution in [2.24, 2.45) is 5.92 Å². The predicted octanol–water partition coefficient (Wildman–Crippen LogP) is 4.22. The van der Waals surface area contributed by atoms with Gasteiger partial charge in [-0.25, -0.2) is 4.98 Å². The highest BCUT2D eigenvalue weighted by Crippen LogP contribution is 2.26. The van der Waals surface area contributed by atoms with Gasteiger partial charge < -0.3 is 25.8 Å². The van der Waals surface area contributed by atoms with Gasteiger partial charge in [-0.15, -0.1) is 0 Å². The van der Waals surface area contributed by atoms with E-state index in [4.69, 9.17) is 17.2 Å². The molecule has 3 saturated heterocycles. The van der Waals surface area contributed by atoms with E-state index >= 15 is 0 Å². The number of rotatable bonds is 8. The molecule has 7 nitrogen and oxygen atoms in total. The quantitative estimate of drug-likeness (QED) is 0.342. The van der Waals surface area contributed by atoms with Crippen molar-refractivity contribution in [2.75, 3.05) is 82.2 Å². The van der Waals surface area contributed by atoms with Gasteiger partial charge in [0.25, 0.3) is 0 Å². The molecule has 1 unspecified atom stereocenters. The van der Waals surface area contributed by atoms with Crippen LogP contribution < -0.4 is 20.9 Å². The van der Waals surface area contributed by atoms with Gasteiger partial charge >= 0.3 is 0 Å². The molecule has 2 aromatic rings. The smallest absolute Gasteiger partial charge is 0.170 e. The molecule has 0 bridgehead atoms. The number of thiocarbonyl (C=S) groups is 1. The van der Waals surface area contributed by atoms with Gasteiger partial charge in [-0.2, -0.15) is 0 Å². The first-order valence-electron chi connectivity index (χ1n) is 15.0. The number of nitrogens with zero attached hydrogens (tertiary/aromatic N) is 4. The van der Waals surface area contributed by atoms with Gasteiger partial charge in [-0.05, 0) is 120 Å². The summed E-state index contributed by atoms with van der Waals surface area (Å²) in [6.45, 7) is 14.7. The highest BCUT2D eigenvalue weighted by molar-refractivity contribution is 7.80. The maximum absolute atomic E-state index is 5.58. The molecule has 208 valence electrons. The molecule has 4 heterocycles. The zero-order valence-electron chi connectivity index (χ0n) is 23.3. The highest BCUT2D eigenvalue weighted by atomic mass is 32.1. The Morgan fingerprint density at radius 2 is 1.82 bits per heavy atom. The van der Waals surface area contributed by atoms with Crippen molar-refractivity contribution in [1.29, 1.82) is 0 Å².